The first-order chi connectivity index (χ1) is 8.11. The van der Waals surface area contributed by atoms with Crippen LogP contribution in [0.4, 0.5) is 0 Å². The molecule has 0 bridgehead atoms. The highest BCUT2D eigenvalue weighted by molar-refractivity contribution is 6.30. The maximum Gasteiger partial charge on any atom is 0.120 e. The largest absolute Gasteiger partial charge is 0.492 e. The molecule has 0 saturated heterocycles. The summed E-state index contributed by atoms with van der Waals surface area (Å²) < 4.78 is 11.0. The normalized spacial score (nSPS) is 12.8. The van der Waals surface area contributed by atoms with Crippen molar-refractivity contribution in [3.05, 3.63) is 29.3 Å². The molecule has 3 N–H and O–H groups in total. The highest BCUT2D eigenvalue weighted by atomic mass is 35.5. The molecule has 0 fully saturated rings. The SMILES string of the molecule is CC(C)OCC(COc1cccc(Cl)c1)NN. The van der Waals surface area contributed by atoms with Gasteiger partial charge in [0.05, 0.1) is 18.8 Å². The molecular formula is C12H19ClN2O2. The lowest BCUT2D eigenvalue weighted by Gasteiger charge is -2.18. The van der Waals surface area contributed by atoms with Gasteiger partial charge < -0.3 is 9.47 Å². The molecule has 4 nitrogen and oxygen atoms in total. The standard InChI is InChI=1S/C12H19ClN2O2/c1-9(2)16-7-11(15-14)8-17-12-5-3-4-10(13)6-12/h3-6,9,11,15H,7-8,14H2,1-2H3. The van der Waals surface area contributed by atoms with Crippen molar-refractivity contribution in [1.29, 1.82) is 0 Å². The molecule has 0 aliphatic carbocycles. The summed E-state index contributed by atoms with van der Waals surface area (Å²) >= 11 is 5.85. The Morgan fingerprint density at radius 1 is 1.35 bits per heavy atom. The van der Waals surface area contributed by atoms with Gasteiger partial charge in [-0.05, 0) is 32.0 Å². The second-order valence-electron chi connectivity index (χ2n) is 4.01. The minimum absolute atomic E-state index is 0.0450. The lowest BCUT2D eigenvalue weighted by Crippen LogP contribution is -2.43. The van der Waals surface area contributed by atoms with E-state index in [9.17, 15) is 0 Å². The van der Waals surface area contributed by atoms with Crippen LogP contribution in [-0.4, -0.2) is 25.4 Å². The summed E-state index contributed by atoms with van der Waals surface area (Å²) in [5.74, 6) is 6.14. The molecule has 1 aromatic carbocycles. The molecular weight excluding hydrogens is 240 g/mol. The average Bonchev–Trinajstić information content (AvgIpc) is 2.29. The molecule has 0 aliphatic rings. The Morgan fingerprint density at radius 2 is 2.12 bits per heavy atom. The van der Waals surface area contributed by atoms with E-state index in [2.05, 4.69) is 5.43 Å². The molecule has 0 heterocycles. The Balaban J connectivity index is 2.37. The molecule has 0 spiro atoms. The highest BCUT2D eigenvalue weighted by Gasteiger charge is 2.09. The van der Waals surface area contributed by atoms with Crippen LogP contribution in [0, 0.1) is 0 Å². The second kappa shape index (κ2) is 7.50. The highest BCUT2D eigenvalue weighted by Crippen LogP contribution is 2.17. The Morgan fingerprint density at radius 3 is 2.71 bits per heavy atom. The number of rotatable bonds is 7. The Hall–Kier alpha value is -0.810. The Labute approximate surface area is 107 Å². The summed E-state index contributed by atoms with van der Waals surface area (Å²) in [6.45, 7) is 4.90. The van der Waals surface area contributed by atoms with Gasteiger partial charge in [0.25, 0.3) is 0 Å². The molecule has 1 atom stereocenters. The molecule has 0 radical (unpaired) electrons. The minimum Gasteiger partial charge on any atom is -0.492 e. The lowest BCUT2D eigenvalue weighted by molar-refractivity contribution is 0.0502. The predicted octanol–water partition coefficient (Wildman–Crippen LogP) is 1.98. The van der Waals surface area contributed by atoms with Gasteiger partial charge in [0.15, 0.2) is 0 Å². The van der Waals surface area contributed by atoms with E-state index in [4.69, 9.17) is 26.9 Å². The quantitative estimate of drug-likeness (QED) is 0.580. The third kappa shape index (κ3) is 5.89. The van der Waals surface area contributed by atoms with Gasteiger partial charge >= 0.3 is 0 Å². The van der Waals surface area contributed by atoms with E-state index in [-0.39, 0.29) is 12.1 Å². The lowest BCUT2D eigenvalue weighted by atomic mass is 10.3. The third-order valence-corrected chi connectivity index (χ3v) is 2.35. The zero-order valence-electron chi connectivity index (χ0n) is 10.2. The summed E-state index contributed by atoms with van der Waals surface area (Å²) in [6.07, 6.45) is 0.178. The number of halogens is 1. The van der Waals surface area contributed by atoms with Gasteiger partial charge in [-0.3, -0.25) is 11.3 Å². The van der Waals surface area contributed by atoms with Crippen molar-refractivity contribution in [3.8, 4) is 5.75 Å². The van der Waals surface area contributed by atoms with Crippen LogP contribution in [0.5, 0.6) is 5.75 Å². The van der Waals surface area contributed by atoms with Crippen molar-refractivity contribution >= 4 is 11.6 Å². The van der Waals surface area contributed by atoms with Gasteiger partial charge in [-0.1, -0.05) is 17.7 Å². The molecule has 1 rings (SSSR count). The van der Waals surface area contributed by atoms with E-state index >= 15 is 0 Å². The molecule has 0 saturated carbocycles. The summed E-state index contributed by atoms with van der Waals surface area (Å²) in [7, 11) is 0. The van der Waals surface area contributed by atoms with Crippen molar-refractivity contribution in [3.63, 3.8) is 0 Å². The number of benzene rings is 1. The molecule has 17 heavy (non-hydrogen) atoms. The Bertz CT molecular complexity index is 334. The first kappa shape index (κ1) is 14.3. The fourth-order valence-corrected chi connectivity index (χ4v) is 1.39. The molecule has 0 aliphatic heterocycles. The molecule has 0 amide bonds. The van der Waals surface area contributed by atoms with Gasteiger partial charge in [-0.2, -0.15) is 0 Å². The number of ether oxygens (including phenoxy) is 2. The summed E-state index contributed by atoms with van der Waals surface area (Å²) in [4.78, 5) is 0. The van der Waals surface area contributed by atoms with Gasteiger partial charge in [0, 0.05) is 5.02 Å². The van der Waals surface area contributed by atoms with E-state index < -0.39 is 0 Å². The van der Waals surface area contributed by atoms with Crippen molar-refractivity contribution in [2.24, 2.45) is 5.84 Å². The molecule has 0 aromatic heterocycles. The fourth-order valence-electron chi connectivity index (χ4n) is 1.21. The molecule has 1 unspecified atom stereocenters. The number of hydrazine groups is 1. The van der Waals surface area contributed by atoms with Crippen LogP contribution in [0.15, 0.2) is 24.3 Å². The van der Waals surface area contributed by atoms with Crippen LogP contribution < -0.4 is 16.0 Å². The average molecular weight is 259 g/mol. The molecule has 1 aromatic rings. The van der Waals surface area contributed by atoms with Crippen LogP contribution in [0.25, 0.3) is 0 Å². The summed E-state index contributed by atoms with van der Waals surface area (Å²) in [5, 5.41) is 0.651. The first-order valence-electron chi connectivity index (χ1n) is 5.58. The summed E-state index contributed by atoms with van der Waals surface area (Å²) in [6, 6.07) is 7.21. The van der Waals surface area contributed by atoms with Crippen molar-refractivity contribution < 1.29 is 9.47 Å². The van der Waals surface area contributed by atoms with Gasteiger partial charge in [0.2, 0.25) is 0 Å². The maximum atomic E-state index is 5.85. The minimum atomic E-state index is -0.0450. The number of hydrogen-bond acceptors (Lipinski definition) is 4. The molecule has 96 valence electrons. The number of hydrogen-bond donors (Lipinski definition) is 2. The molecule has 5 heteroatoms. The zero-order valence-corrected chi connectivity index (χ0v) is 10.9. The van der Waals surface area contributed by atoms with E-state index in [1.807, 2.05) is 26.0 Å². The smallest absolute Gasteiger partial charge is 0.120 e. The maximum absolute atomic E-state index is 5.85. The van der Waals surface area contributed by atoms with Crippen LogP contribution in [0.2, 0.25) is 5.02 Å². The third-order valence-electron chi connectivity index (χ3n) is 2.11. The van der Waals surface area contributed by atoms with Crippen LogP contribution in [0.3, 0.4) is 0 Å². The van der Waals surface area contributed by atoms with Gasteiger partial charge in [-0.15, -0.1) is 0 Å². The van der Waals surface area contributed by atoms with Crippen LogP contribution >= 0.6 is 11.6 Å². The van der Waals surface area contributed by atoms with E-state index in [0.29, 0.717) is 18.2 Å². The number of nitrogens with two attached hydrogens (primary N) is 1. The van der Waals surface area contributed by atoms with E-state index in [0.717, 1.165) is 5.75 Å². The summed E-state index contributed by atoms with van der Waals surface area (Å²) in [5.41, 5.74) is 2.66. The second-order valence-corrected chi connectivity index (χ2v) is 4.45. The van der Waals surface area contributed by atoms with Crippen molar-refractivity contribution in [2.45, 2.75) is 26.0 Å². The van der Waals surface area contributed by atoms with Gasteiger partial charge in [0.1, 0.15) is 12.4 Å². The Kier molecular flexibility index (Phi) is 6.29. The van der Waals surface area contributed by atoms with E-state index in [1.54, 1.807) is 12.1 Å². The monoisotopic (exact) mass is 258 g/mol. The van der Waals surface area contributed by atoms with Crippen molar-refractivity contribution in [2.75, 3.05) is 13.2 Å². The zero-order chi connectivity index (χ0) is 12.7. The number of nitrogens with one attached hydrogen (secondary N) is 1. The predicted molar refractivity (Wildman–Crippen MR) is 69.1 cm³/mol. The topological polar surface area (TPSA) is 56.5 Å². The first-order valence-corrected chi connectivity index (χ1v) is 5.95. The van der Waals surface area contributed by atoms with E-state index in [1.165, 1.54) is 0 Å². The van der Waals surface area contributed by atoms with Crippen LogP contribution in [-0.2, 0) is 4.74 Å². The van der Waals surface area contributed by atoms with Crippen LogP contribution in [0.1, 0.15) is 13.8 Å². The fraction of sp³-hybridized carbons (Fsp3) is 0.500. The van der Waals surface area contributed by atoms with Crippen molar-refractivity contribution in [1.82, 2.24) is 5.43 Å². The van der Waals surface area contributed by atoms with Gasteiger partial charge in [-0.25, -0.2) is 0 Å².